The van der Waals surface area contributed by atoms with Gasteiger partial charge in [-0.05, 0) is 44.5 Å². The van der Waals surface area contributed by atoms with Gasteiger partial charge in [-0.2, -0.15) is 0 Å². The molecule has 0 aromatic heterocycles. The Hall–Kier alpha value is -0.730. The Kier molecular flexibility index (Phi) is 6.51. The predicted molar refractivity (Wildman–Crippen MR) is 78.5 cm³/mol. The normalized spacial score (nSPS) is 12.8. The summed E-state index contributed by atoms with van der Waals surface area (Å²) in [7, 11) is 0. The molecule has 3 heteroatoms. The molecule has 1 N–H and O–H groups in total. The first-order valence-electron chi connectivity index (χ1n) is 6.81. The van der Waals surface area contributed by atoms with E-state index < -0.39 is 0 Å². The second kappa shape index (κ2) is 7.65. The van der Waals surface area contributed by atoms with E-state index in [0.717, 1.165) is 35.7 Å². The molecule has 2 nitrogen and oxygen atoms in total. The third kappa shape index (κ3) is 4.18. The minimum Gasteiger partial charge on any atom is -0.490 e. The first-order valence-corrected chi connectivity index (χ1v) is 7.19. The van der Waals surface area contributed by atoms with Gasteiger partial charge in [0.1, 0.15) is 5.75 Å². The van der Waals surface area contributed by atoms with Gasteiger partial charge >= 0.3 is 0 Å². The molecule has 0 saturated carbocycles. The second-order valence-electron chi connectivity index (χ2n) is 4.52. The van der Waals surface area contributed by atoms with Crippen LogP contribution in [0, 0.1) is 0 Å². The van der Waals surface area contributed by atoms with Crippen molar-refractivity contribution in [2.24, 2.45) is 0 Å². The Morgan fingerprint density at radius 1 is 1.22 bits per heavy atom. The third-order valence-electron chi connectivity index (χ3n) is 3.15. The number of hydrogen-bond donors (Lipinski definition) is 1. The molecule has 0 heterocycles. The molecule has 0 aliphatic carbocycles. The lowest BCUT2D eigenvalue weighted by atomic mass is 10.1. The molecule has 18 heavy (non-hydrogen) atoms. The summed E-state index contributed by atoms with van der Waals surface area (Å²) in [5.74, 6) is 0.946. The van der Waals surface area contributed by atoms with Crippen molar-refractivity contribution in [3.63, 3.8) is 0 Å². The van der Waals surface area contributed by atoms with Crippen LogP contribution in [0.3, 0.4) is 0 Å². The van der Waals surface area contributed by atoms with Crippen molar-refractivity contribution in [2.75, 3.05) is 6.54 Å². The number of rotatable bonds is 7. The van der Waals surface area contributed by atoms with Crippen LogP contribution in [-0.4, -0.2) is 12.6 Å². The van der Waals surface area contributed by atoms with Gasteiger partial charge < -0.3 is 10.1 Å². The monoisotopic (exact) mass is 269 g/mol. The van der Waals surface area contributed by atoms with Gasteiger partial charge in [0.2, 0.25) is 0 Å². The van der Waals surface area contributed by atoms with Crippen molar-refractivity contribution in [3.8, 4) is 5.75 Å². The van der Waals surface area contributed by atoms with Gasteiger partial charge in [-0.15, -0.1) is 0 Å². The molecule has 0 spiro atoms. The summed E-state index contributed by atoms with van der Waals surface area (Å²) < 4.78 is 6.07. The van der Waals surface area contributed by atoms with Crippen molar-refractivity contribution in [2.45, 2.75) is 52.7 Å². The largest absolute Gasteiger partial charge is 0.490 e. The Morgan fingerprint density at radius 3 is 2.44 bits per heavy atom. The van der Waals surface area contributed by atoms with E-state index in [4.69, 9.17) is 16.3 Å². The number of nitrogens with one attached hydrogen (secondary N) is 1. The zero-order valence-electron chi connectivity index (χ0n) is 11.8. The maximum Gasteiger partial charge on any atom is 0.124 e. The molecule has 102 valence electrons. The summed E-state index contributed by atoms with van der Waals surface area (Å²) in [5, 5.41) is 4.16. The molecule has 0 saturated heterocycles. The summed E-state index contributed by atoms with van der Waals surface area (Å²) in [6.07, 6.45) is 2.32. The number of benzene rings is 1. The lowest BCUT2D eigenvalue weighted by Crippen LogP contribution is -2.20. The molecular formula is C15H24ClNO. The van der Waals surface area contributed by atoms with E-state index in [-0.39, 0.29) is 12.1 Å². The van der Waals surface area contributed by atoms with Crippen LogP contribution in [0.5, 0.6) is 5.75 Å². The smallest absolute Gasteiger partial charge is 0.124 e. The summed E-state index contributed by atoms with van der Waals surface area (Å²) in [4.78, 5) is 0. The van der Waals surface area contributed by atoms with Crippen LogP contribution in [0.1, 0.15) is 52.1 Å². The molecule has 0 aliphatic heterocycles. The molecule has 0 fully saturated rings. The molecule has 0 bridgehead atoms. The minimum absolute atomic E-state index is 0.248. The van der Waals surface area contributed by atoms with Gasteiger partial charge in [0, 0.05) is 16.6 Å². The van der Waals surface area contributed by atoms with Crippen molar-refractivity contribution in [1.82, 2.24) is 5.32 Å². The maximum atomic E-state index is 6.08. The van der Waals surface area contributed by atoms with E-state index in [0.29, 0.717) is 0 Å². The van der Waals surface area contributed by atoms with E-state index in [1.54, 1.807) is 0 Å². The molecule has 1 rings (SSSR count). The summed E-state index contributed by atoms with van der Waals surface area (Å²) in [6, 6.07) is 6.11. The van der Waals surface area contributed by atoms with E-state index in [2.05, 4.69) is 33.0 Å². The molecule has 1 aromatic rings. The Labute approximate surface area is 116 Å². The summed E-state index contributed by atoms with van der Waals surface area (Å²) in [6.45, 7) is 9.46. The Balaban J connectivity index is 2.95. The number of halogens is 1. The highest BCUT2D eigenvalue weighted by Crippen LogP contribution is 2.29. The van der Waals surface area contributed by atoms with Gasteiger partial charge in [-0.1, -0.05) is 32.4 Å². The highest BCUT2D eigenvalue weighted by Gasteiger charge is 2.14. The standard InChI is InChI=1S/C15H24ClNO/c1-5-13(6-2)18-15-9-8-12(16)10-14(15)11(4)17-7-3/h8-11,13,17H,5-7H2,1-4H3. The van der Waals surface area contributed by atoms with Crippen molar-refractivity contribution in [3.05, 3.63) is 28.8 Å². The highest BCUT2D eigenvalue weighted by molar-refractivity contribution is 6.30. The summed E-state index contributed by atoms with van der Waals surface area (Å²) >= 11 is 6.08. The molecule has 0 radical (unpaired) electrons. The van der Waals surface area contributed by atoms with Gasteiger partial charge in [0.15, 0.2) is 0 Å². The minimum atomic E-state index is 0.248. The van der Waals surface area contributed by atoms with E-state index in [1.807, 2.05) is 18.2 Å². The molecular weight excluding hydrogens is 246 g/mol. The van der Waals surface area contributed by atoms with E-state index in [1.165, 1.54) is 0 Å². The van der Waals surface area contributed by atoms with Crippen LogP contribution in [0.25, 0.3) is 0 Å². The fraction of sp³-hybridized carbons (Fsp3) is 0.600. The molecule has 0 aliphatic rings. The third-order valence-corrected chi connectivity index (χ3v) is 3.39. The topological polar surface area (TPSA) is 21.3 Å². The number of ether oxygens (including phenoxy) is 1. The lowest BCUT2D eigenvalue weighted by molar-refractivity contribution is 0.190. The highest BCUT2D eigenvalue weighted by atomic mass is 35.5. The van der Waals surface area contributed by atoms with Crippen LogP contribution in [0.15, 0.2) is 18.2 Å². The Bertz CT molecular complexity index is 364. The van der Waals surface area contributed by atoms with Crippen LogP contribution < -0.4 is 10.1 Å². The quantitative estimate of drug-likeness (QED) is 0.782. The average molecular weight is 270 g/mol. The van der Waals surface area contributed by atoms with Crippen LogP contribution >= 0.6 is 11.6 Å². The summed E-state index contributed by atoms with van der Waals surface area (Å²) in [5.41, 5.74) is 1.14. The van der Waals surface area contributed by atoms with Crippen molar-refractivity contribution >= 4 is 11.6 Å². The van der Waals surface area contributed by atoms with Gasteiger partial charge in [-0.25, -0.2) is 0 Å². The van der Waals surface area contributed by atoms with Crippen molar-refractivity contribution in [1.29, 1.82) is 0 Å². The molecule has 1 unspecified atom stereocenters. The molecule has 1 aromatic carbocycles. The first kappa shape index (κ1) is 15.3. The molecule has 1 atom stereocenters. The van der Waals surface area contributed by atoms with Gasteiger partial charge in [0.05, 0.1) is 6.10 Å². The van der Waals surface area contributed by atoms with Crippen molar-refractivity contribution < 1.29 is 4.74 Å². The van der Waals surface area contributed by atoms with E-state index >= 15 is 0 Å². The zero-order valence-corrected chi connectivity index (χ0v) is 12.6. The lowest BCUT2D eigenvalue weighted by Gasteiger charge is -2.22. The maximum absolute atomic E-state index is 6.08. The predicted octanol–water partition coefficient (Wildman–Crippen LogP) is 4.58. The fourth-order valence-electron chi connectivity index (χ4n) is 2.02. The van der Waals surface area contributed by atoms with Crippen LogP contribution in [0.2, 0.25) is 5.02 Å². The fourth-order valence-corrected chi connectivity index (χ4v) is 2.20. The van der Waals surface area contributed by atoms with E-state index in [9.17, 15) is 0 Å². The average Bonchev–Trinajstić information content (AvgIpc) is 2.37. The first-order chi connectivity index (χ1) is 8.62. The number of hydrogen-bond acceptors (Lipinski definition) is 2. The van der Waals surface area contributed by atoms with Crippen LogP contribution in [-0.2, 0) is 0 Å². The molecule has 0 amide bonds. The Morgan fingerprint density at radius 2 is 1.89 bits per heavy atom. The second-order valence-corrected chi connectivity index (χ2v) is 4.95. The zero-order chi connectivity index (χ0) is 13.5. The van der Waals surface area contributed by atoms with Crippen LogP contribution in [0.4, 0.5) is 0 Å². The van der Waals surface area contributed by atoms with Gasteiger partial charge in [-0.3, -0.25) is 0 Å². The van der Waals surface area contributed by atoms with Gasteiger partial charge in [0.25, 0.3) is 0 Å². The SMILES string of the molecule is CCNC(C)c1cc(Cl)ccc1OC(CC)CC.